The van der Waals surface area contributed by atoms with Crippen LogP contribution in [0, 0.1) is 12.8 Å². The molecule has 3 aromatic rings. The molecule has 0 spiro atoms. The third-order valence-corrected chi connectivity index (χ3v) is 10.0. The van der Waals surface area contributed by atoms with Crippen LogP contribution in [0.3, 0.4) is 0 Å². The molecule has 9 heteroatoms. The number of carbonyl (C=O) groups excluding carboxylic acids is 2. The first kappa shape index (κ1) is 36.6. The SMILES string of the molecule is Cc1ccc[n+](CNC(=O)c2ccc3c(c2)C(C(=O)NC2CC[N+](C)(CC4CCCCCCC4)CC2)c2ccccc2O3)c1.[I-].[I-]. The average molecular weight is 851 g/mol. The number of hydrogen-bond donors (Lipinski definition) is 2. The molecule has 0 bridgehead atoms. The van der Waals surface area contributed by atoms with E-state index in [1.54, 1.807) is 6.07 Å². The highest BCUT2D eigenvalue weighted by Crippen LogP contribution is 2.44. The number of aromatic nitrogens is 1. The predicted octanol–water partition coefficient (Wildman–Crippen LogP) is 0.00132. The Labute approximate surface area is 308 Å². The van der Waals surface area contributed by atoms with Gasteiger partial charge in [0.15, 0.2) is 12.4 Å². The minimum atomic E-state index is -0.536. The van der Waals surface area contributed by atoms with Crippen LogP contribution in [0.2, 0.25) is 0 Å². The number of rotatable bonds is 7. The van der Waals surface area contributed by atoms with Crippen molar-refractivity contribution >= 4 is 11.8 Å². The van der Waals surface area contributed by atoms with E-state index in [0.29, 0.717) is 23.7 Å². The summed E-state index contributed by atoms with van der Waals surface area (Å²) >= 11 is 0. The highest BCUT2D eigenvalue weighted by atomic mass is 127. The van der Waals surface area contributed by atoms with E-state index in [1.165, 1.54) is 51.5 Å². The Bertz CT molecular complexity index is 1480. The maximum absolute atomic E-state index is 14.1. The van der Waals surface area contributed by atoms with E-state index in [1.807, 2.05) is 72.4 Å². The monoisotopic (exact) mass is 850 g/mol. The number of quaternary nitrogens is 1. The number of nitrogens with one attached hydrogen (secondary N) is 2. The minimum Gasteiger partial charge on any atom is -1.00 e. The van der Waals surface area contributed by atoms with Crippen molar-refractivity contribution in [3.8, 4) is 11.5 Å². The van der Waals surface area contributed by atoms with E-state index < -0.39 is 5.92 Å². The third kappa shape index (κ3) is 9.00. The zero-order chi connectivity index (χ0) is 30.5. The van der Waals surface area contributed by atoms with Gasteiger partial charge in [0.2, 0.25) is 12.6 Å². The van der Waals surface area contributed by atoms with Gasteiger partial charge in [0.05, 0.1) is 32.6 Å². The zero-order valence-electron chi connectivity index (χ0n) is 27.2. The van der Waals surface area contributed by atoms with Crippen molar-refractivity contribution in [2.75, 3.05) is 26.7 Å². The third-order valence-electron chi connectivity index (χ3n) is 10.0. The second-order valence-electron chi connectivity index (χ2n) is 13.6. The van der Waals surface area contributed by atoms with Crippen LogP contribution in [-0.2, 0) is 11.5 Å². The lowest BCUT2D eigenvalue weighted by molar-refractivity contribution is -0.917. The summed E-state index contributed by atoms with van der Waals surface area (Å²) in [5.74, 6) is 1.42. The Kier molecular flexibility index (Phi) is 13.3. The van der Waals surface area contributed by atoms with Crippen molar-refractivity contribution in [3.05, 3.63) is 89.2 Å². The summed E-state index contributed by atoms with van der Waals surface area (Å²) in [6.45, 7) is 5.86. The van der Waals surface area contributed by atoms with Gasteiger partial charge in [-0.3, -0.25) is 14.9 Å². The van der Waals surface area contributed by atoms with Crippen LogP contribution in [-0.4, -0.2) is 49.0 Å². The van der Waals surface area contributed by atoms with Crippen LogP contribution in [0.4, 0.5) is 0 Å². The highest BCUT2D eigenvalue weighted by molar-refractivity contribution is 5.96. The number of hydrogen-bond acceptors (Lipinski definition) is 3. The van der Waals surface area contributed by atoms with Crippen molar-refractivity contribution in [3.63, 3.8) is 0 Å². The molecule has 1 atom stereocenters. The van der Waals surface area contributed by atoms with Gasteiger partial charge in [-0.2, -0.15) is 4.57 Å². The molecule has 46 heavy (non-hydrogen) atoms. The molecule has 3 aliphatic rings. The van der Waals surface area contributed by atoms with E-state index in [2.05, 4.69) is 17.7 Å². The molecular formula is C37H48I2N4O3. The summed E-state index contributed by atoms with van der Waals surface area (Å²) in [6.07, 6.45) is 15.6. The number of para-hydroxylation sites is 1. The lowest BCUT2D eigenvalue weighted by atomic mass is 9.85. The quantitative estimate of drug-likeness (QED) is 0.200. The van der Waals surface area contributed by atoms with Crippen molar-refractivity contribution < 1.29 is 71.3 Å². The van der Waals surface area contributed by atoms with Crippen molar-refractivity contribution in [1.29, 1.82) is 0 Å². The molecule has 1 aliphatic carbocycles. The van der Waals surface area contributed by atoms with E-state index in [4.69, 9.17) is 4.74 Å². The Hall–Kier alpha value is -2.25. The molecule has 2 N–H and O–H groups in total. The van der Waals surface area contributed by atoms with Gasteiger partial charge in [-0.1, -0.05) is 50.3 Å². The number of likely N-dealkylation sites (tertiary alicyclic amines) is 1. The maximum Gasteiger partial charge on any atom is 0.256 e. The first-order valence-corrected chi connectivity index (χ1v) is 16.7. The van der Waals surface area contributed by atoms with Gasteiger partial charge < -0.3 is 62.5 Å². The van der Waals surface area contributed by atoms with Crippen molar-refractivity contribution in [2.24, 2.45) is 5.92 Å². The van der Waals surface area contributed by atoms with E-state index >= 15 is 0 Å². The summed E-state index contributed by atoms with van der Waals surface area (Å²) in [5.41, 5.74) is 3.21. The van der Waals surface area contributed by atoms with Gasteiger partial charge in [-0.05, 0) is 50.1 Å². The Balaban J connectivity index is 0.00000240. The molecule has 0 radical (unpaired) electrons. The number of nitrogens with zero attached hydrogens (tertiary/aromatic N) is 2. The fourth-order valence-corrected chi connectivity index (χ4v) is 7.55. The molecule has 1 saturated carbocycles. The molecule has 2 aromatic carbocycles. The van der Waals surface area contributed by atoms with Crippen LogP contribution in [0.5, 0.6) is 11.5 Å². The van der Waals surface area contributed by atoms with Crippen LogP contribution >= 0.6 is 0 Å². The second-order valence-corrected chi connectivity index (χ2v) is 13.6. The van der Waals surface area contributed by atoms with Gasteiger partial charge in [0.25, 0.3) is 5.91 Å². The number of piperidine rings is 1. The van der Waals surface area contributed by atoms with Gasteiger partial charge >= 0.3 is 0 Å². The second kappa shape index (κ2) is 16.7. The fourth-order valence-electron chi connectivity index (χ4n) is 7.55. The number of halogens is 2. The number of amides is 2. The van der Waals surface area contributed by atoms with Crippen molar-refractivity contribution in [2.45, 2.75) is 83.3 Å². The number of aryl methyl sites for hydroxylation is 1. The fraction of sp³-hybridized carbons (Fsp3) is 0.486. The molecule has 6 rings (SSSR count). The van der Waals surface area contributed by atoms with Gasteiger partial charge in [-0.15, -0.1) is 0 Å². The average Bonchev–Trinajstić information content (AvgIpc) is 3.01. The van der Waals surface area contributed by atoms with Gasteiger partial charge in [0, 0.05) is 53.1 Å². The van der Waals surface area contributed by atoms with Crippen LogP contribution in [0.1, 0.15) is 90.8 Å². The summed E-state index contributed by atoms with van der Waals surface area (Å²) in [4.78, 5) is 27.3. The Morgan fingerprint density at radius 1 is 0.870 bits per heavy atom. The predicted molar refractivity (Wildman–Crippen MR) is 171 cm³/mol. The standard InChI is InChI=1S/C37H46N4O3.2HI/c1-27-11-10-20-40(24-27)26-38-36(42)29-16-17-34-32(23-29)35(31-14-8-9-15-33(31)44-34)37(43)39-30-18-21-41(2,22-19-30)25-28-12-6-4-3-5-7-13-28;;/h8-11,14-17,20,23-24,28,30,35H,3-7,12-13,18-19,21-22,25-26H2,1-2H3;2*1H. The minimum absolute atomic E-state index is 0. The smallest absolute Gasteiger partial charge is 0.256 e. The summed E-state index contributed by atoms with van der Waals surface area (Å²) in [6, 6.07) is 17.3. The molecule has 1 unspecified atom stereocenters. The number of carbonyl (C=O) groups is 2. The normalized spacial score (nSPS) is 22.7. The number of ether oxygens (including phenoxy) is 1. The van der Waals surface area contributed by atoms with Crippen LogP contribution in [0.25, 0.3) is 0 Å². The number of benzene rings is 2. The molecule has 1 saturated heterocycles. The molecule has 2 aliphatic heterocycles. The first-order chi connectivity index (χ1) is 21.4. The molecule has 2 fully saturated rings. The number of pyridine rings is 1. The summed E-state index contributed by atoms with van der Waals surface area (Å²) < 4.78 is 9.28. The van der Waals surface area contributed by atoms with Crippen LogP contribution in [0.15, 0.2) is 67.0 Å². The molecule has 7 nitrogen and oxygen atoms in total. The van der Waals surface area contributed by atoms with E-state index in [9.17, 15) is 9.59 Å². The lowest BCUT2D eigenvalue weighted by Crippen LogP contribution is -3.00. The maximum atomic E-state index is 14.1. The van der Waals surface area contributed by atoms with E-state index in [-0.39, 0.29) is 65.8 Å². The van der Waals surface area contributed by atoms with E-state index in [0.717, 1.165) is 53.0 Å². The lowest BCUT2D eigenvalue weighted by Gasteiger charge is -2.43. The molecular weight excluding hydrogens is 802 g/mol. The van der Waals surface area contributed by atoms with Crippen LogP contribution < -0.4 is 67.9 Å². The topological polar surface area (TPSA) is 71.3 Å². The van der Waals surface area contributed by atoms with Gasteiger partial charge in [0.1, 0.15) is 11.5 Å². The molecule has 1 aromatic heterocycles. The highest BCUT2D eigenvalue weighted by Gasteiger charge is 2.37. The summed E-state index contributed by atoms with van der Waals surface area (Å²) in [5, 5.41) is 6.42. The Morgan fingerprint density at radius 2 is 1.57 bits per heavy atom. The summed E-state index contributed by atoms with van der Waals surface area (Å²) in [7, 11) is 2.42. The Morgan fingerprint density at radius 3 is 2.30 bits per heavy atom. The number of fused-ring (bicyclic) bond motifs is 2. The molecule has 2 amide bonds. The first-order valence-electron chi connectivity index (χ1n) is 16.7. The molecule has 248 valence electrons. The van der Waals surface area contributed by atoms with Gasteiger partial charge in [-0.25, -0.2) is 0 Å². The largest absolute Gasteiger partial charge is 1.00 e. The zero-order valence-corrected chi connectivity index (χ0v) is 31.5. The van der Waals surface area contributed by atoms with Crippen molar-refractivity contribution in [1.82, 2.24) is 10.6 Å². The molecule has 3 heterocycles.